The molecule has 2 heterocycles. The van der Waals surface area contributed by atoms with Gasteiger partial charge in [0.15, 0.2) is 5.82 Å². The number of H-pyrrole nitrogens is 1. The molecule has 162 valence electrons. The Morgan fingerprint density at radius 2 is 1.90 bits per heavy atom. The number of aromatic amines is 1. The van der Waals surface area contributed by atoms with Crippen molar-refractivity contribution in [3.63, 3.8) is 0 Å². The Hall–Kier alpha value is -3.17. The van der Waals surface area contributed by atoms with E-state index in [1.54, 1.807) is 29.7 Å². The summed E-state index contributed by atoms with van der Waals surface area (Å²) in [4.78, 5) is 3.37. The smallest absolute Gasteiger partial charge is 0.322 e. The first-order chi connectivity index (χ1) is 14.8. The first-order valence-electron chi connectivity index (χ1n) is 10.1. The number of fused-ring (bicyclic) bond motifs is 1. The molecule has 0 aliphatic carbocycles. The van der Waals surface area contributed by atoms with Crippen LogP contribution in [-0.4, -0.2) is 28.2 Å². The summed E-state index contributed by atoms with van der Waals surface area (Å²) < 4.78 is 36.1. The summed E-state index contributed by atoms with van der Waals surface area (Å²) in [5, 5.41) is 9.43. The second kappa shape index (κ2) is 8.16. The normalized spacial score (nSPS) is 12.9. The average molecular weight is 440 g/mol. The van der Waals surface area contributed by atoms with Crippen LogP contribution in [0.3, 0.4) is 0 Å². The number of aromatic nitrogens is 4. The van der Waals surface area contributed by atoms with Crippen molar-refractivity contribution in [3.05, 3.63) is 65.6 Å². The molecule has 0 aliphatic heterocycles. The Balaban J connectivity index is 1.57. The summed E-state index contributed by atoms with van der Waals surface area (Å²) in [7, 11) is -3.72. The monoisotopic (exact) mass is 439 g/mol. The van der Waals surface area contributed by atoms with E-state index in [1.165, 1.54) is 0 Å². The molecule has 4 aromatic rings. The van der Waals surface area contributed by atoms with Crippen LogP contribution in [0.5, 0.6) is 11.8 Å². The van der Waals surface area contributed by atoms with Crippen LogP contribution >= 0.6 is 0 Å². The highest BCUT2D eigenvalue weighted by Crippen LogP contribution is 2.26. The van der Waals surface area contributed by atoms with E-state index in [4.69, 9.17) is 4.74 Å². The average Bonchev–Trinajstić information content (AvgIpc) is 3.35. The maximum atomic E-state index is 12.9. The predicted molar refractivity (Wildman–Crippen MR) is 119 cm³/mol. The van der Waals surface area contributed by atoms with Crippen molar-refractivity contribution in [3.8, 4) is 11.8 Å². The van der Waals surface area contributed by atoms with Crippen molar-refractivity contribution >= 4 is 20.9 Å². The lowest BCUT2D eigenvalue weighted by Crippen LogP contribution is -2.29. The molecular weight excluding hydrogens is 414 g/mol. The highest BCUT2D eigenvalue weighted by Gasteiger charge is 2.24. The van der Waals surface area contributed by atoms with Gasteiger partial charge >= 0.3 is 6.01 Å². The van der Waals surface area contributed by atoms with Gasteiger partial charge in [0.1, 0.15) is 5.75 Å². The van der Waals surface area contributed by atoms with Crippen LogP contribution in [-0.2, 0) is 16.6 Å². The van der Waals surface area contributed by atoms with E-state index in [1.807, 2.05) is 51.2 Å². The van der Waals surface area contributed by atoms with Gasteiger partial charge in [-0.2, -0.15) is 0 Å². The number of rotatable bonds is 7. The van der Waals surface area contributed by atoms with E-state index in [2.05, 4.69) is 19.9 Å². The summed E-state index contributed by atoms with van der Waals surface area (Å²) in [5.74, 6) is 1.10. The number of benzene rings is 2. The number of nitrogens with one attached hydrogen (secondary N) is 2. The van der Waals surface area contributed by atoms with E-state index in [9.17, 15) is 8.42 Å². The minimum absolute atomic E-state index is 0.223. The van der Waals surface area contributed by atoms with Gasteiger partial charge in [0.05, 0.1) is 10.9 Å². The fourth-order valence-electron chi connectivity index (χ4n) is 3.42. The SMILES string of the molecule is CCn1c(Oc2ccc3cc[nH]c3c2)nnc1[C@@H](C)NS(=O)(=O)c1ccc(C)c(C)c1. The van der Waals surface area contributed by atoms with Crippen molar-refractivity contribution < 1.29 is 13.2 Å². The van der Waals surface area contributed by atoms with Crippen LogP contribution in [0.1, 0.15) is 36.8 Å². The number of hydrogen-bond acceptors (Lipinski definition) is 5. The van der Waals surface area contributed by atoms with Gasteiger partial charge in [0.25, 0.3) is 0 Å². The molecule has 0 unspecified atom stereocenters. The van der Waals surface area contributed by atoms with E-state index in [0.717, 1.165) is 22.0 Å². The van der Waals surface area contributed by atoms with Crippen LogP contribution in [0.25, 0.3) is 10.9 Å². The van der Waals surface area contributed by atoms with Crippen molar-refractivity contribution in [1.29, 1.82) is 0 Å². The Labute approximate surface area is 181 Å². The summed E-state index contributed by atoms with van der Waals surface area (Å²) in [6, 6.07) is 12.5. The molecule has 0 saturated heterocycles. The summed E-state index contributed by atoms with van der Waals surface area (Å²) in [6.07, 6.45) is 1.87. The van der Waals surface area contributed by atoms with Gasteiger partial charge in [-0.05, 0) is 74.5 Å². The Bertz CT molecular complexity index is 1340. The lowest BCUT2D eigenvalue weighted by molar-refractivity contribution is 0.408. The van der Waals surface area contributed by atoms with Crippen molar-refractivity contribution in [1.82, 2.24) is 24.5 Å². The number of ether oxygens (including phenoxy) is 1. The molecule has 1 atom stereocenters. The highest BCUT2D eigenvalue weighted by atomic mass is 32.2. The molecule has 0 radical (unpaired) electrons. The Morgan fingerprint density at radius 1 is 1.10 bits per heavy atom. The lowest BCUT2D eigenvalue weighted by Gasteiger charge is -2.16. The molecule has 8 nitrogen and oxygen atoms in total. The van der Waals surface area contributed by atoms with Gasteiger partial charge in [-0.3, -0.25) is 4.57 Å². The molecule has 2 N–H and O–H groups in total. The molecule has 0 aliphatic rings. The second-order valence-corrected chi connectivity index (χ2v) is 9.22. The largest absolute Gasteiger partial charge is 0.424 e. The summed E-state index contributed by atoms with van der Waals surface area (Å²) in [5.41, 5.74) is 2.91. The zero-order valence-electron chi connectivity index (χ0n) is 17.9. The third kappa shape index (κ3) is 4.19. The van der Waals surface area contributed by atoms with E-state index in [-0.39, 0.29) is 4.90 Å². The minimum Gasteiger partial charge on any atom is -0.424 e. The van der Waals surface area contributed by atoms with Gasteiger partial charge < -0.3 is 9.72 Å². The zero-order chi connectivity index (χ0) is 22.2. The molecule has 0 saturated carbocycles. The molecule has 0 fully saturated rings. The molecule has 0 amide bonds. The first-order valence-corrected chi connectivity index (χ1v) is 11.5. The summed E-state index contributed by atoms with van der Waals surface area (Å²) in [6.45, 7) is 8.03. The highest BCUT2D eigenvalue weighted by molar-refractivity contribution is 7.89. The fraction of sp³-hybridized carbons (Fsp3) is 0.273. The van der Waals surface area contributed by atoms with Gasteiger partial charge in [-0.1, -0.05) is 11.2 Å². The zero-order valence-corrected chi connectivity index (χ0v) is 18.7. The van der Waals surface area contributed by atoms with Crippen LogP contribution in [0.2, 0.25) is 0 Å². The van der Waals surface area contributed by atoms with E-state index in [0.29, 0.717) is 24.1 Å². The fourth-order valence-corrected chi connectivity index (χ4v) is 4.71. The standard InChI is InChI=1S/C22H25N5O3S/c1-5-27-21(16(4)26-31(28,29)19-9-6-14(2)15(3)12-19)24-25-22(27)30-18-8-7-17-10-11-23-20(17)13-18/h6-13,16,23,26H,5H2,1-4H3/t16-/m1/s1. The molecule has 2 aromatic heterocycles. The summed E-state index contributed by atoms with van der Waals surface area (Å²) >= 11 is 0. The third-order valence-electron chi connectivity index (χ3n) is 5.31. The Kier molecular flexibility index (Phi) is 5.55. The first kappa shape index (κ1) is 21.1. The molecule has 0 bridgehead atoms. The minimum atomic E-state index is -3.72. The number of sulfonamides is 1. The second-order valence-electron chi connectivity index (χ2n) is 7.50. The van der Waals surface area contributed by atoms with Crippen LogP contribution in [0.4, 0.5) is 0 Å². The van der Waals surface area contributed by atoms with Gasteiger partial charge in [-0.25, -0.2) is 13.1 Å². The lowest BCUT2D eigenvalue weighted by atomic mass is 10.1. The van der Waals surface area contributed by atoms with E-state index >= 15 is 0 Å². The molecule has 31 heavy (non-hydrogen) atoms. The molecule has 0 spiro atoms. The molecular formula is C22H25N5O3S. The van der Waals surface area contributed by atoms with Crippen molar-refractivity contribution in [2.75, 3.05) is 0 Å². The maximum Gasteiger partial charge on any atom is 0.322 e. The number of aryl methyl sites for hydroxylation is 2. The van der Waals surface area contributed by atoms with Crippen molar-refractivity contribution in [2.24, 2.45) is 0 Å². The maximum absolute atomic E-state index is 12.9. The third-order valence-corrected chi connectivity index (χ3v) is 6.84. The molecule has 4 rings (SSSR count). The predicted octanol–water partition coefficient (Wildman–Crippen LogP) is 4.23. The van der Waals surface area contributed by atoms with Crippen LogP contribution < -0.4 is 9.46 Å². The topological polar surface area (TPSA) is 102 Å². The van der Waals surface area contributed by atoms with Gasteiger partial charge in [-0.15, -0.1) is 5.10 Å². The molecule has 2 aromatic carbocycles. The Morgan fingerprint density at radius 3 is 2.65 bits per heavy atom. The van der Waals surface area contributed by atoms with Crippen LogP contribution in [0, 0.1) is 13.8 Å². The number of nitrogens with zero attached hydrogens (tertiary/aromatic N) is 3. The van der Waals surface area contributed by atoms with Crippen molar-refractivity contribution in [2.45, 2.75) is 45.2 Å². The van der Waals surface area contributed by atoms with Gasteiger partial charge in [0.2, 0.25) is 10.0 Å². The number of hydrogen-bond donors (Lipinski definition) is 2. The van der Waals surface area contributed by atoms with Crippen LogP contribution in [0.15, 0.2) is 53.6 Å². The molecule has 9 heteroatoms. The van der Waals surface area contributed by atoms with Gasteiger partial charge in [0, 0.05) is 24.3 Å². The quantitative estimate of drug-likeness (QED) is 0.449. The van der Waals surface area contributed by atoms with E-state index < -0.39 is 16.1 Å².